The highest BCUT2D eigenvalue weighted by molar-refractivity contribution is 5.32. The average molecular weight is 448 g/mol. The number of hydrogen-bond donors (Lipinski definition) is 0. The average Bonchev–Trinajstić information content (AvgIpc) is 2.87. The fourth-order valence-electron chi connectivity index (χ4n) is 6.15. The van der Waals surface area contributed by atoms with Gasteiger partial charge in [0, 0.05) is 0 Å². The highest BCUT2D eigenvalue weighted by atomic mass is 14.3. The van der Waals surface area contributed by atoms with Crippen molar-refractivity contribution in [3.05, 3.63) is 47.0 Å². The molecule has 0 aromatic heterocycles. The molecule has 1 aromatic carbocycles. The molecule has 0 saturated heterocycles. The largest absolute Gasteiger partial charge is 0.192 e. The Hall–Kier alpha value is -1.55. The predicted molar refractivity (Wildman–Crippen MR) is 142 cm³/mol. The zero-order valence-corrected chi connectivity index (χ0v) is 21.5. The van der Waals surface area contributed by atoms with Crippen LogP contribution in [0.1, 0.15) is 134 Å². The molecule has 1 heteroatoms. The van der Waals surface area contributed by atoms with E-state index in [1.54, 1.807) is 5.57 Å². The number of allylic oxidation sites excluding steroid dienone is 2. The molecule has 33 heavy (non-hydrogen) atoms. The van der Waals surface area contributed by atoms with Crippen LogP contribution in [-0.4, -0.2) is 0 Å². The van der Waals surface area contributed by atoms with Crippen LogP contribution in [0, 0.1) is 29.1 Å². The molecule has 1 unspecified atom stereocenters. The maximum atomic E-state index is 8.93. The molecule has 3 rings (SSSR count). The van der Waals surface area contributed by atoms with Gasteiger partial charge in [0.1, 0.15) is 0 Å². The van der Waals surface area contributed by atoms with E-state index >= 15 is 0 Å². The molecule has 0 aliphatic heterocycles. The van der Waals surface area contributed by atoms with Gasteiger partial charge in [0.05, 0.1) is 11.6 Å². The Morgan fingerprint density at radius 3 is 2.00 bits per heavy atom. The molecule has 0 bridgehead atoms. The SMILES string of the molecule is CCCCCCCCCC1CCC(CCC2CC=C(CCc3ccc(C#N)cc3)CC2)CC1. The molecule has 2 aliphatic carbocycles. The van der Waals surface area contributed by atoms with Gasteiger partial charge in [-0.15, -0.1) is 0 Å². The van der Waals surface area contributed by atoms with Crippen molar-refractivity contribution >= 4 is 0 Å². The van der Waals surface area contributed by atoms with Gasteiger partial charge in [-0.3, -0.25) is 0 Å². The molecular weight excluding hydrogens is 398 g/mol. The van der Waals surface area contributed by atoms with Crippen LogP contribution in [0.25, 0.3) is 0 Å². The monoisotopic (exact) mass is 447 g/mol. The van der Waals surface area contributed by atoms with Gasteiger partial charge < -0.3 is 0 Å². The highest BCUT2D eigenvalue weighted by Gasteiger charge is 2.22. The molecule has 0 amide bonds. The van der Waals surface area contributed by atoms with Gasteiger partial charge in [-0.25, -0.2) is 0 Å². The number of rotatable bonds is 14. The molecule has 1 nitrogen and oxygen atoms in total. The molecule has 1 atom stereocenters. The second-order valence-electron chi connectivity index (χ2n) is 11.2. The van der Waals surface area contributed by atoms with E-state index in [9.17, 15) is 0 Å². The van der Waals surface area contributed by atoms with Crippen LogP contribution in [0.4, 0.5) is 0 Å². The molecule has 1 saturated carbocycles. The number of nitriles is 1. The molecule has 1 aromatic rings. The maximum Gasteiger partial charge on any atom is 0.0991 e. The highest BCUT2D eigenvalue weighted by Crippen LogP contribution is 2.37. The van der Waals surface area contributed by atoms with Crippen LogP contribution in [0.15, 0.2) is 35.9 Å². The van der Waals surface area contributed by atoms with Crippen molar-refractivity contribution in [3.8, 4) is 6.07 Å². The zero-order chi connectivity index (χ0) is 23.1. The minimum atomic E-state index is 0.764. The van der Waals surface area contributed by atoms with Gasteiger partial charge in [-0.2, -0.15) is 5.26 Å². The summed E-state index contributed by atoms with van der Waals surface area (Å²) in [5.41, 5.74) is 3.79. The number of hydrogen-bond acceptors (Lipinski definition) is 1. The summed E-state index contributed by atoms with van der Waals surface area (Å²) in [6, 6.07) is 10.3. The fraction of sp³-hybridized carbons (Fsp3) is 0.719. The van der Waals surface area contributed by atoms with Crippen LogP contribution in [0.2, 0.25) is 0 Å². The lowest BCUT2D eigenvalue weighted by Crippen LogP contribution is -2.16. The molecule has 2 aliphatic rings. The van der Waals surface area contributed by atoms with Crippen LogP contribution < -0.4 is 0 Å². The summed E-state index contributed by atoms with van der Waals surface area (Å²) in [6.45, 7) is 2.31. The van der Waals surface area contributed by atoms with E-state index in [1.165, 1.54) is 121 Å². The Balaban J connectivity index is 1.22. The number of aryl methyl sites for hydroxylation is 1. The first-order chi connectivity index (χ1) is 16.3. The van der Waals surface area contributed by atoms with Crippen molar-refractivity contribution in [1.29, 1.82) is 5.26 Å². The lowest BCUT2D eigenvalue weighted by molar-refractivity contribution is 0.234. The first-order valence-electron chi connectivity index (χ1n) is 14.4. The molecule has 0 spiro atoms. The number of benzene rings is 1. The summed E-state index contributed by atoms with van der Waals surface area (Å²) in [7, 11) is 0. The summed E-state index contributed by atoms with van der Waals surface area (Å²) in [5.74, 6) is 3.01. The third-order valence-electron chi connectivity index (χ3n) is 8.60. The van der Waals surface area contributed by atoms with Gasteiger partial charge in [0.25, 0.3) is 0 Å². The van der Waals surface area contributed by atoms with E-state index in [4.69, 9.17) is 5.26 Å². The summed E-state index contributed by atoms with van der Waals surface area (Å²) in [5, 5.41) is 8.93. The third kappa shape index (κ3) is 10.1. The molecular formula is C32H49N. The second kappa shape index (κ2) is 15.4. The Bertz CT molecular complexity index is 714. The van der Waals surface area contributed by atoms with Crippen molar-refractivity contribution in [2.75, 3.05) is 0 Å². The zero-order valence-electron chi connectivity index (χ0n) is 21.5. The minimum Gasteiger partial charge on any atom is -0.192 e. The predicted octanol–water partition coefficient (Wildman–Crippen LogP) is 9.94. The summed E-state index contributed by atoms with van der Waals surface area (Å²) >= 11 is 0. The van der Waals surface area contributed by atoms with E-state index in [-0.39, 0.29) is 0 Å². The van der Waals surface area contributed by atoms with Crippen molar-refractivity contribution < 1.29 is 0 Å². The van der Waals surface area contributed by atoms with Crippen LogP contribution in [0.3, 0.4) is 0 Å². The fourth-order valence-corrected chi connectivity index (χ4v) is 6.15. The Morgan fingerprint density at radius 1 is 0.727 bits per heavy atom. The third-order valence-corrected chi connectivity index (χ3v) is 8.60. The second-order valence-corrected chi connectivity index (χ2v) is 11.2. The van der Waals surface area contributed by atoms with E-state index in [2.05, 4.69) is 31.2 Å². The summed E-state index contributed by atoms with van der Waals surface area (Å²) < 4.78 is 0. The maximum absolute atomic E-state index is 8.93. The van der Waals surface area contributed by atoms with Gasteiger partial charge >= 0.3 is 0 Å². The van der Waals surface area contributed by atoms with Crippen molar-refractivity contribution in [3.63, 3.8) is 0 Å². The van der Waals surface area contributed by atoms with Crippen molar-refractivity contribution in [2.24, 2.45) is 17.8 Å². The summed E-state index contributed by atoms with van der Waals surface area (Å²) in [4.78, 5) is 0. The number of unbranched alkanes of at least 4 members (excludes halogenated alkanes) is 6. The molecule has 0 heterocycles. The standard InChI is InChI=1S/C32H49N/c1-2-3-4-5-6-7-8-9-27-10-12-28(13-11-27)14-15-29-16-18-30(19-17-29)20-21-31-22-24-32(26-33)25-23-31/h18,22-25,27-29H,2-17,19-21H2,1H3. The van der Waals surface area contributed by atoms with Crippen molar-refractivity contribution in [1.82, 2.24) is 0 Å². The van der Waals surface area contributed by atoms with E-state index in [0.717, 1.165) is 29.7 Å². The Kier molecular flexibility index (Phi) is 12.1. The molecule has 1 fully saturated rings. The molecule has 182 valence electrons. The van der Waals surface area contributed by atoms with Gasteiger partial charge in [0.15, 0.2) is 0 Å². The summed E-state index contributed by atoms with van der Waals surface area (Å²) in [6.07, 6.45) is 29.6. The topological polar surface area (TPSA) is 23.8 Å². The smallest absolute Gasteiger partial charge is 0.0991 e. The normalized spacial score (nSPS) is 23.2. The van der Waals surface area contributed by atoms with Crippen LogP contribution in [0.5, 0.6) is 0 Å². The van der Waals surface area contributed by atoms with Crippen LogP contribution in [-0.2, 0) is 6.42 Å². The first-order valence-corrected chi connectivity index (χ1v) is 14.4. The van der Waals surface area contributed by atoms with E-state index in [1.807, 2.05) is 12.1 Å². The Morgan fingerprint density at radius 2 is 1.36 bits per heavy atom. The number of nitrogens with zero attached hydrogens (tertiary/aromatic N) is 1. The molecule has 0 N–H and O–H groups in total. The van der Waals surface area contributed by atoms with E-state index < -0.39 is 0 Å². The molecule has 0 radical (unpaired) electrons. The first kappa shape index (κ1) is 26.1. The Labute approximate surface area is 205 Å². The lowest BCUT2D eigenvalue weighted by atomic mass is 9.76. The lowest BCUT2D eigenvalue weighted by Gasteiger charge is -2.30. The van der Waals surface area contributed by atoms with Gasteiger partial charge in [-0.05, 0) is 74.0 Å². The van der Waals surface area contributed by atoms with Crippen molar-refractivity contribution in [2.45, 2.75) is 129 Å². The van der Waals surface area contributed by atoms with Gasteiger partial charge in [0.2, 0.25) is 0 Å². The van der Waals surface area contributed by atoms with E-state index in [0.29, 0.717) is 0 Å². The van der Waals surface area contributed by atoms with Crippen LogP contribution >= 0.6 is 0 Å². The van der Waals surface area contributed by atoms with Gasteiger partial charge in [-0.1, -0.05) is 114 Å². The minimum absolute atomic E-state index is 0.764. The quantitative estimate of drug-likeness (QED) is 0.205.